The van der Waals surface area contributed by atoms with Crippen molar-refractivity contribution in [2.24, 2.45) is 0 Å². The molecule has 0 aliphatic heterocycles. The largest absolute Gasteiger partial charge is 0.384 e. The Hall–Kier alpha value is -0.720. The molecule has 11 heavy (non-hydrogen) atoms. The van der Waals surface area contributed by atoms with E-state index in [0.717, 1.165) is 6.42 Å². The van der Waals surface area contributed by atoms with E-state index in [0.29, 0.717) is 0 Å². The third-order valence-corrected chi connectivity index (χ3v) is 1.16. The molecule has 0 amide bonds. The van der Waals surface area contributed by atoms with Gasteiger partial charge in [0.25, 0.3) is 0 Å². The lowest BCUT2D eigenvalue weighted by Crippen LogP contribution is -2.34. The fourth-order valence-corrected chi connectivity index (χ4v) is 0.903. The number of rotatable bonds is 3. The van der Waals surface area contributed by atoms with Crippen LogP contribution in [0.25, 0.3) is 0 Å². The minimum Gasteiger partial charge on any atom is -0.384 e. The normalized spacial score (nSPS) is 12.9. The summed E-state index contributed by atoms with van der Waals surface area (Å²) < 4.78 is 0. The molecule has 1 nitrogen and oxygen atoms in total. The Balaban J connectivity index is 3.85. The van der Waals surface area contributed by atoms with Gasteiger partial charge < -0.3 is 5.32 Å². The molecule has 1 N–H and O–H groups in total. The second kappa shape index (κ2) is 4.22. The van der Waals surface area contributed by atoms with Crippen molar-refractivity contribution >= 4 is 0 Å². The lowest BCUT2D eigenvalue weighted by atomic mass is 10.1. The summed E-state index contributed by atoms with van der Waals surface area (Å²) in [5, 5.41) is 3.37. The predicted octanol–water partition coefficient (Wildman–Crippen LogP) is 2.85. The van der Waals surface area contributed by atoms with E-state index >= 15 is 0 Å². The lowest BCUT2D eigenvalue weighted by Gasteiger charge is -2.22. The summed E-state index contributed by atoms with van der Waals surface area (Å²) in [4.78, 5) is 0. The van der Waals surface area contributed by atoms with Gasteiger partial charge >= 0.3 is 0 Å². The Kier molecular flexibility index (Phi) is 3.94. The van der Waals surface area contributed by atoms with Crippen LogP contribution in [0.15, 0.2) is 24.4 Å². The maximum absolute atomic E-state index is 3.66. The molecule has 0 aromatic carbocycles. The molecule has 0 aromatic heterocycles. The molecule has 0 aliphatic rings. The molecule has 0 aliphatic carbocycles. The molecule has 0 saturated carbocycles. The summed E-state index contributed by atoms with van der Waals surface area (Å²) in [6.45, 7) is 12.2. The zero-order chi connectivity index (χ0) is 8.91. The summed E-state index contributed by atoms with van der Waals surface area (Å²) in [6.07, 6.45) is 4.97. The average Bonchev–Trinajstić information content (AvgIpc) is 1.79. The van der Waals surface area contributed by atoms with Crippen molar-refractivity contribution in [3.05, 3.63) is 24.4 Å². The van der Waals surface area contributed by atoms with Gasteiger partial charge in [0.05, 0.1) is 0 Å². The zero-order valence-corrected chi connectivity index (χ0v) is 8.07. The topological polar surface area (TPSA) is 12.0 Å². The van der Waals surface area contributed by atoms with Gasteiger partial charge in [0.1, 0.15) is 0 Å². The first kappa shape index (κ1) is 10.3. The van der Waals surface area contributed by atoms with Crippen molar-refractivity contribution < 1.29 is 0 Å². The van der Waals surface area contributed by atoms with E-state index in [1.165, 1.54) is 5.70 Å². The maximum Gasteiger partial charge on any atom is 0.0286 e. The summed E-state index contributed by atoms with van der Waals surface area (Å²) in [5.74, 6) is 0. The smallest absolute Gasteiger partial charge is 0.0286 e. The Morgan fingerprint density at radius 1 is 1.45 bits per heavy atom. The second-order valence-electron chi connectivity index (χ2n) is 3.79. The molecule has 0 aromatic rings. The molecule has 0 atom stereocenters. The van der Waals surface area contributed by atoms with E-state index in [1.54, 1.807) is 0 Å². The quantitative estimate of drug-likeness (QED) is 0.615. The molecule has 1 heteroatoms. The minimum atomic E-state index is 0.168. The molecule has 0 radical (unpaired) electrons. The zero-order valence-electron chi connectivity index (χ0n) is 8.07. The SMILES string of the molecule is C=CCC=C(C)NC(C)(C)C. The number of allylic oxidation sites excluding steroid dienone is 3. The molecule has 0 fully saturated rings. The third-order valence-electron chi connectivity index (χ3n) is 1.16. The van der Waals surface area contributed by atoms with E-state index in [4.69, 9.17) is 0 Å². The summed E-state index contributed by atoms with van der Waals surface area (Å²) in [6, 6.07) is 0. The van der Waals surface area contributed by atoms with E-state index in [9.17, 15) is 0 Å². The lowest BCUT2D eigenvalue weighted by molar-refractivity contribution is 0.473. The van der Waals surface area contributed by atoms with Gasteiger partial charge in [-0.1, -0.05) is 12.2 Å². The number of hydrogen-bond donors (Lipinski definition) is 1. The Morgan fingerprint density at radius 2 is 2.00 bits per heavy atom. The molecule has 0 unspecified atom stereocenters. The van der Waals surface area contributed by atoms with Gasteiger partial charge in [0.2, 0.25) is 0 Å². The van der Waals surface area contributed by atoms with Crippen molar-refractivity contribution in [2.45, 2.75) is 39.7 Å². The van der Waals surface area contributed by atoms with Gasteiger partial charge in [0.15, 0.2) is 0 Å². The fraction of sp³-hybridized carbons (Fsp3) is 0.600. The van der Waals surface area contributed by atoms with Crippen LogP contribution in [-0.2, 0) is 0 Å². The summed E-state index contributed by atoms with van der Waals surface area (Å²) in [7, 11) is 0. The first-order chi connectivity index (χ1) is 4.95. The van der Waals surface area contributed by atoms with Crippen molar-refractivity contribution in [1.29, 1.82) is 0 Å². The molecule has 0 spiro atoms. The monoisotopic (exact) mass is 153 g/mol. The van der Waals surface area contributed by atoms with Crippen molar-refractivity contribution in [2.75, 3.05) is 0 Å². The van der Waals surface area contributed by atoms with Gasteiger partial charge in [-0.05, 0) is 34.1 Å². The summed E-state index contributed by atoms with van der Waals surface area (Å²) >= 11 is 0. The van der Waals surface area contributed by atoms with Crippen LogP contribution in [0.3, 0.4) is 0 Å². The summed E-state index contributed by atoms with van der Waals surface area (Å²) in [5.41, 5.74) is 1.39. The number of hydrogen-bond acceptors (Lipinski definition) is 1. The first-order valence-corrected chi connectivity index (χ1v) is 4.01. The van der Waals surface area contributed by atoms with Crippen LogP contribution in [0.2, 0.25) is 0 Å². The van der Waals surface area contributed by atoms with E-state index < -0.39 is 0 Å². The van der Waals surface area contributed by atoms with Crippen molar-refractivity contribution in [3.8, 4) is 0 Å². The van der Waals surface area contributed by atoms with Gasteiger partial charge in [-0.3, -0.25) is 0 Å². The highest BCUT2D eigenvalue weighted by Gasteiger charge is 2.07. The number of nitrogens with one attached hydrogen (secondary N) is 1. The Morgan fingerprint density at radius 3 is 2.36 bits per heavy atom. The third kappa shape index (κ3) is 7.17. The van der Waals surface area contributed by atoms with Crippen LogP contribution in [0.5, 0.6) is 0 Å². The maximum atomic E-state index is 3.66. The van der Waals surface area contributed by atoms with Crippen molar-refractivity contribution in [1.82, 2.24) is 5.32 Å². The standard InChI is InChI=1S/C10H19N/c1-6-7-8-9(2)11-10(3,4)5/h6,8,11H,1,7H2,2-5H3. The van der Waals surface area contributed by atoms with Crippen LogP contribution < -0.4 is 5.32 Å². The molecule has 64 valence electrons. The fourth-order valence-electron chi connectivity index (χ4n) is 0.903. The van der Waals surface area contributed by atoms with Crippen LogP contribution >= 0.6 is 0 Å². The predicted molar refractivity (Wildman–Crippen MR) is 51.5 cm³/mol. The van der Waals surface area contributed by atoms with Crippen LogP contribution in [0.4, 0.5) is 0 Å². The average molecular weight is 153 g/mol. The van der Waals surface area contributed by atoms with Gasteiger partial charge in [-0.2, -0.15) is 0 Å². The van der Waals surface area contributed by atoms with E-state index in [1.807, 2.05) is 6.08 Å². The molecule has 0 heterocycles. The van der Waals surface area contributed by atoms with Crippen LogP contribution in [0, 0.1) is 0 Å². The van der Waals surface area contributed by atoms with Gasteiger partial charge in [-0.25, -0.2) is 0 Å². The van der Waals surface area contributed by atoms with Gasteiger partial charge in [0, 0.05) is 11.2 Å². The highest BCUT2D eigenvalue weighted by molar-refractivity contribution is 5.01. The van der Waals surface area contributed by atoms with Gasteiger partial charge in [-0.15, -0.1) is 6.58 Å². The molecule has 0 bridgehead atoms. The molecule has 0 saturated heterocycles. The molecular formula is C10H19N. The van der Waals surface area contributed by atoms with E-state index in [-0.39, 0.29) is 5.54 Å². The highest BCUT2D eigenvalue weighted by atomic mass is 14.9. The van der Waals surface area contributed by atoms with E-state index in [2.05, 4.69) is 45.7 Å². The second-order valence-corrected chi connectivity index (χ2v) is 3.79. The van der Waals surface area contributed by atoms with Crippen LogP contribution in [-0.4, -0.2) is 5.54 Å². The molecule has 0 rings (SSSR count). The first-order valence-electron chi connectivity index (χ1n) is 4.01. The van der Waals surface area contributed by atoms with Crippen LogP contribution in [0.1, 0.15) is 34.1 Å². The Bertz CT molecular complexity index is 149. The van der Waals surface area contributed by atoms with Crippen molar-refractivity contribution in [3.63, 3.8) is 0 Å². The Labute approximate surface area is 70.2 Å². The minimum absolute atomic E-state index is 0.168. The molecular weight excluding hydrogens is 134 g/mol. The highest BCUT2D eigenvalue weighted by Crippen LogP contribution is 2.03.